The molecule has 23 heavy (non-hydrogen) atoms. The number of piperidine rings is 1. The fourth-order valence-corrected chi connectivity index (χ4v) is 3.38. The summed E-state index contributed by atoms with van der Waals surface area (Å²) in [4.78, 5) is 15.1. The summed E-state index contributed by atoms with van der Waals surface area (Å²) < 4.78 is 0. The number of rotatable bonds is 5. The Hall–Kier alpha value is -1.06. The van der Waals surface area contributed by atoms with E-state index in [4.69, 9.17) is 0 Å². The lowest BCUT2D eigenvalue weighted by Crippen LogP contribution is -2.49. The molecule has 0 aliphatic carbocycles. The molecule has 1 aromatic carbocycles. The van der Waals surface area contributed by atoms with Gasteiger partial charge in [0, 0.05) is 13.1 Å². The highest BCUT2D eigenvalue weighted by molar-refractivity contribution is 5.87. The van der Waals surface area contributed by atoms with Crippen LogP contribution in [0.3, 0.4) is 0 Å². The molecule has 1 amide bonds. The third-order valence-electron chi connectivity index (χ3n) is 4.92. The summed E-state index contributed by atoms with van der Waals surface area (Å²) in [5.74, 6) is 0.846. The number of amides is 1. The molecule has 1 unspecified atom stereocenters. The molecule has 1 atom stereocenters. The van der Waals surface area contributed by atoms with Gasteiger partial charge in [-0.25, -0.2) is 0 Å². The molecule has 0 saturated carbocycles. The maximum absolute atomic E-state index is 13.0. The van der Waals surface area contributed by atoms with E-state index >= 15 is 0 Å². The summed E-state index contributed by atoms with van der Waals surface area (Å²) >= 11 is 0. The highest BCUT2D eigenvalue weighted by atomic mass is 35.5. The smallest absolute Gasteiger partial charge is 0.232 e. The van der Waals surface area contributed by atoms with Crippen molar-refractivity contribution in [3.8, 4) is 0 Å². The van der Waals surface area contributed by atoms with Crippen molar-refractivity contribution in [2.24, 2.45) is 5.92 Å². The summed E-state index contributed by atoms with van der Waals surface area (Å²) in [5.41, 5.74) is 1.98. The Bertz CT molecular complexity index is 497. The molecule has 1 saturated heterocycles. The van der Waals surface area contributed by atoms with Gasteiger partial charge in [0.05, 0.1) is 5.41 Å². The molecule has 1 aliphatic heterocycles. The van der Waals surface area contributed by atoms with E-state index in [9.17, 15) is 4.79 Å². The lowest BCUT2D eigenvalue weighted by Gasteiger charge is -2.38. The number of nitrogens with one attached hydrogen (secondary N) is 1. The summed E-state index contributed by atoms with van der Waals surface area (Å²) in [7, 11) is 1.99. The number of hydrogen-bond acceptors (Lipinski definition) is 2. The largest absolute Gasteiger partial charge is 0.342 e. The van der Waals surface area contributed by atoms with Crippen LogP contribution in [0.2, 0.25) is 0 Å². The molecule has 2 rings (SSSR count). The third-order valence-corrected chi connectivity index (χ3v) is 4.92. The zero-order chi connectivity index (χ0) is 16.2. The number of carbonyl (C=O) groups excluding carboxylic acids is 1. The zero-order valence-corrected chi connectivity index (χ0v) is 15.7. The monoisotopic (exact) mass is 338 g/mol. The van der Waals surface area contributed by atoms with Crippen molar-refractivity contribution >= 4 is 18.3 Å². The second kappa shape index (κ2) is 8.70. The first-order valence-electron chi connectivity index (χ1n) is 8.52. The van der Waals surface area contributed by atoms with E-state index in [1.54, 1.807) is 0 Å². The van der Waals surface area contributed by atoms with Crippen LogP contribution in [-0.2, 0) is 16.6 Å². The van der Waals surface area contributed by atoms with Gasteiger partial charge in [0.15, 0.2) is 0 Å². The van der Waals surface area contributed by atoms with Crippen molar-refractivity contribution in [2.75, 3.05) is 26.7 Å². The molecule has 0 spiro atoms. The Morgan fingerprint density at radius 3 is 2.52 bits per heavy atom. The molecule has 0 bridgehead atoms. The highest BCUT2D eigenvalue weighted by Gasteiger charge is 2.35. The minimum Gasteiger partial charge on any atom is -0.342 e. The second-order valence-electron chi connectivity index (χ2n) is 6.99. The van der Waals surface area contributed by atoms with Crippen LogP contribution < -0.4 is 5.32 Å². The molecule has 0 aromatic heterocycles. The van der Waals surface area contributed by atoms with Gasteiger partial charge in [0.25, 0.3) is 0 Å². The summed E-state index contributed by atoms with van der Waals surface area (Å²) in [5, 5.41) is 3.24. The van der Waals surface area contributed by atoms with E-state index in [1.807, 2.05) is 7.05 Å². The molecule has 3 nitrogen and oxygen atoms in total. The average molecular weight is 339 g/mol. The standard InChI is InChI=1S/C19H30N2O.ClH/c1-5-15-8-10-17(11-9-15)19(2,3)18(22)21-12-6-7-16(14-21)13-20-4;/h8-11,16,20H,5-7,12-14H2,1-4H3;1H. The number of halogens is 1. The summed E-state index contributed by atoms with van der Waals surface area (Å²) in [6.45, 7) is 9.04. The van der Waals surface area contributed by atoms with Gasteiger partial charge < -0.3 is 10.2 Å². The van der Waals surface area contributed by atoms with Crippen LogP contribution in [0, 0.1) is 5.92 Å². The molecular weight excluding hydrogens is 308 g/mol. The quantitative estimate of drug-likeness (QED) is 0.892. The fraction of sp³-hybridized carbons (Fsp3) is 0.632. The first-order valence-corrected chi connectivity index (χ1v) is 8.52. The molecular formula is C19H31ClN2O. The van der Waals surface area contributed by atoms with Gasteiger partial charge in [0.1, 0.15) is 0 Å². The fourth-order valence-electron chi connectivity index (χ4n) is 3.38. The lowest BCUT2D eigenvalue weighted by atomic mass is 9.82. The minimum atomic E-state index is -0.451. The second-order valence-corrected chi connectivity index (χ2v) is 6.99. The Labute approximate surface area is 147 Å². The van der Waals surface area contributed by atoms with Gasteiger partial charge in [-0.2, -0.15) is 0 Å². The number of aryl methyl sites for hydroxylation is 1. The Balaban J connectivity index is 0.00000264. The Morgan fingerprint density at radius 1 is 1.30 bits per heavy atom. The van der Waals surface area contributed by atoms with Gasteiger partial charge in [-0.05, 0) is 63.7 Å². The number of carbonyl (C=O) groups is 1. The summed E-state index contributed by atoms with van der Waals surface area (Å²) in [6, 6.07) is 8.52. The van der Waals surface area contributed by atoms with Crippen LogP contribution >= 0.6 is 12.4 Å². The Morgan fingerprint density at radius 2 is 1.96 bits per heavy atom. The Kier molecular flexibility index (Phi) is 7.56. The number of benzene rings is 1. The van der Waals surface area contributed by atoms with Gasteiger partial charge in [0.2, 0.25) is 5.91 Å². The summed E-state index contributed by atoms with van der Waals surface area (Å²) in [6.07, 6.45) is 3.37. The van der Waals surface area contributed by atoms with E-state index in [0.717, 1.165) is 38.0 Å². The van der Waals surface area contributed by atoms with Crippen LogP contribution in [0.1, 0.15) is 44.7 Å². The van der Waals surface area contributed by atoms with Crippen molar-refractivity contribution in [1.82, 2.24) is 10.2 Å². The normalized spacial score (nSPS) is 18.4. The van der Waals surface area contributed by atoms with Crippen molar-refractivity contribution in [3.05, 3.63) is 35.4 Å². The number of hydrogen-bond donors (Lipinski definition) is 1. The maximum atomic E-state index is 13.0. The maximum Gasteiger partial charge on any atom is 0.232 e. The molecule has 4 heteroatoms. The average Bonchev–Trinajstić information content (AvgIpc) is 2.54. The third kappa shape index (κ3) is 4.71. The van der Waals surface area contributed by atoms with Gasteiger partial charge in [-0.1, -0.05) is 31.2 Å². The predicted molar refractivity (Wildman–Crippen MR) is 99.3 cm³/mol. The van der Waals surface area contributed by atoms with Crippen LogP contribution in [-0.4, -0.2) is 37.5 Å². The molecule has 1 aliphatic rings. The molecule has 1 fully saturated rings. The molecule has 1 N–H and O–H groups in total. The zero-order valence-electron chi connectivity index (χ0n) is 14.9. The number of nitrogens with zero attached hydrogens (tertiary/aromatic N) is 1. The molecule has 0 radical (unpaired) electrons. The van der Waals surface area contributed by atoms with Gasteiger partial charge in [-0.15, -0.1) is 12.4 Å². The SMILES string of the molecule is CCc1ccc(C(C)(C)C(=O)N2CCCC(CNC)C2)cc1.Cl. The van der Waals surface area contributed by atoms with Gasteiger partial charge in [-0.3, -0.25) is 4.79 Å². The molecule has 1 aromatic rings. The van der Waals surface area contributed by atoms with Crippen LogP contribution in [0.15, 0.2) is 24.3 Å². The van der Waals surface area contributed by atoms with Crippen molar-refractivity contribution < 1.29 is 4.79 Å². The van der Waals surface area contributed by atoms with E-state index in [1.165, 1.54) is 12.0 Å². The van der Waals surface area contributed by atoms with Crippen LogP contribution in [0.4, 0.5) is 0 Å². The van der Waals surface area contributed by atoms with Crippen molar-refractivity contribution in [1.29, 1.82) is 0 Å². The predicted octanol–water partition coefficient (Wildman–Crippen LogP) is 3.41. The minimum absolute atomic E-state index is 0. The van der Waals surface area contributed by atoms with E-state index in [0.29, 0.717) is 5.92 Å². The van der Waals surface area contributed by atoms with Crippen LogP contribution in [0.5, 0.6) is 0 Å². The van der Waals surface area contributed by atoms with E-state index in [2.05, 4.69) is 55.3 Å². The highest BCUT2D eigenvalue weighted by Crippen LogP contribution is 2.28. The van der Waals surface area contributed by atoms with Crippen molar-refractivity contribution in [3.63, 3.8) is 0 Å². The first kappa shape index (κ1) is 20.0. The van der Waals surface area contributed by atoms with E-state index < -0.39 is 5.41 Å². The first-order chi connectivity index (χ1) is 10.5. The van der Waals surface area contributed by atoms with E-state index in [-0.39, 0.29) is 18.3 Å². The van der Waals surface area contributed by atoms with Crippen LogP contribution in [0.25, 0.3) is 0 Å². The molecule has 1 heterocycles. The van der Waals surface area contributed by atoms with Crippen molar-refractivity contribution in [2.45, 2.75) is 45.4 Å². The topological polar surface area (TPSA) is 32.3 Å². The van der Waals surface area contributed by atoms with Gasteiger partial charge >= 0.3 is 0 Å². The lowest BCUT2D eigenvalue weighted by molar-refractivity contribution is -0.138. The number of likely N-dealkylation sites (tertiary alicyclic amines) is 1. The molecule has 130 valence electrons.